The van der Waals surface area contributed by atoms with Gasteiger partial charge in [-0.25, -0.2) is 0 Å². The fourth-order valence-corrected chi connectivity index (χ4v) is 2.03. The van der Waals surface area contributed by atoms with Gasteiger partial charge in [-0.15, -0.1) is 0 Å². The van der Waals surface area contributed by atoms with E-state index in [1.807, 2.05) is 0 Å². The molecule has 0 aliphatic heterocycles. The lowest BCUT2D eigenvalue weighted by molar-refractivity contribution is -0.141. The van der Waals surface area contributed by atoms with Crippen molar-refractivity contribution in [1.82, 2.24) is 20.0 Å². The molecule has 0 saturated heterocycles. The molecule has 0 radical (unpaired) electrons. The van der Waals surface area contributed by atoms with Gasteiger partial charge in [0, 0.05) is 32.4 Å². The maximum atomic E-state index is 12.4. The van der Waals surface area contributed by atoms with Gasteiger partial charge in [0.15, 0.2) is 5.69 Å². The zero-order valence-corrected chi connectivity index (χ0v) is 13.7. The second kappa shape index (κ2) is 7.37. The molecular weight excluding hydrogens is 337 g/mol. The van der Waals surface area contributed by atoms with Gasteiger partial charge in [0.1, 0.15) is 6.54 Å². The second-order valence-corrected chi connectivity index (χ2v) is 5.57. The van der Waals surface area contributed by atoms with Crippen molar-refractivity contribution < 1.29 is 22.8 Å². The van der Waals surface area contributed by atoms with Gasteiger partial charge < -0.3 is 10.2 Å². The van der Waals surface area contributed by atoms with E-state index in [1.54, 1.807) is 38.4 Å². The molecule has 0 atom stereocenters. The Balaban J connectivity index is 1.87. The maximum absolute atomic E-state index is 12.4. The molecule has 25 heavy (non-hydrogen) atoms. The van der Waals surface area contributed by atoms with E-state index in [-0.39, 0.29) is 19.0 Å². The van der Waals surface area contributed by atoms with Crippen LogP contribution in [-0.4, -0.2) is 40.6 Å². The van der Waals surface area contributed by atoms with Crippen LogP contribution >= 0.6 is 0 Å². The van der Waals surface area contributed by atoms with Crippen LogP contribution in [0.3, 0.4) is 0 Å². The van der Waals surface area contributed by atoms with Crippen molar-refractivity contribution in [3.63, 3.8) is 0 Å². The standard InChI is InChI=1S/C16H17F3N4O2/c1-22(2)15(25)12-5-3-11(4-6-12)9-20-14(24)10-23-8-7-13(21-23)16(17,18)19/h3-8H,9-10H2,1-2H3,(H,20,24). The highest BCUT2D eigenvalue weighted by atomic mass is 19.4. The van der Waals surface area contributed by atoms with Crippen LogP contribution in [0.25, 0.3) is 0 Å². The highest BCUT2D eigenvalue weighted by molar-refractivity contribution is 5.93. The van der Waals surface area contributed by atoms with Crippen LogP contribution in [0, 0.1) is 0 Å². The molecule has 2 aromatic rings. The van der Waals surface area contributed by atoms with Crippen molar-refractivity contribution in [1.29, 1.82) is 0 Å². The summed E-state index contributed by atoms with van der Waals surface area (Å²) in [5.41, 5.74) is 0.248. The zero-order chi connectivity index (χ0) is 18.6. The summed E-state index contributed by atoms with van der Waals surface area (Å²) in [4.78, 5) is 25.0. The van der Waals surface area contributed by atoms with Gasteiger partial charge in [0.25, 0.3) is 5.91 Å². The van der Waals surface area contributed by atoms with Crippen molar-refractivity contribution in [3.05, 3.63) is 53.3 Å². The number of hydrogen-bond donors (Lipinski definition) is 1. The Labute approximate surface area is 142 Å². The average molecular weight is 354 g/mol. The molecule has 9 heteroatoms. The summed E-state index contributed by atoms with van der Waals surface area (Å²) in [7, 11) is 3.30. The number of nitrogens with one attached hydrogen (secondary N) is 1. The number of amides is 2. The van der Waals surface area contributed by atoms with Gasteiger partial charge in [-0.3, -0.25) is 14.3 Å². The van der Waals surface area contributed by atoms with Gasteiger partial charge >= 0.3 is 6.18 Å². The molecule has 0 saturated carbocycles. The number of aromatic nitrogens is 2. The first-order chi connectivity index (χ1) is 11.7. The van der Waals surface area contributed by atoms with E-state index in [9.17, 15) is 22.8 Å². The minimum absolute atomic E-state index is 0.130. The SMILES string of the molecule is CN(C)C(=O)c1ccc(CNC(=O)Cn2ccc(C(F)(F)F)n2)cc1. The average Bonchev–Trinajstić information content (AvgIpc) is 3.01. The minimum Gasteiger partial charge on any atom is -0.350 e. The van der Waals surface area contributed by atoms with Crippen LogP contribution in [0.4, 0.5) is 13.2 Å². The first-order valence-electron chi connectivity index (χ1n) is 7.35. The van der Waals surface area contributed by atoms with E-state index in [0.717, 1.165) is 22.5 Å². The molecule has 1 N–H and O–H groups in total. The minimum atomic E-state index is -4.53. The van der Waals surface area contributed by atoms with Crippen LogP contribution in [-0.2, 0) is 24.1 Å². The van der Waals surface area contributed by atoms with Gasteiger partial charge in [0.2, 0.25) is 5.91 Å². The highest BCUT2D eigenvalue weighted by Crippen LogP contribution is 2.27. The molecule has 1 aromatic heterocycles. The number of rotatable bonds is 5. The van der Waals surface area contributed by atoms with E-state index in [4.69, 9.17) is 0 Å². The monoisotopic (exact) mass is 354 g/mol. The van der Waals surface area contributed by atoms with Crippen molar-refractivity contribution in [2.45, 2.75) is 19.3 Å². The summed E-state index contributed by atoms with van der Waals surface area (Å²) in [6, 6.07) is 7.51. The summed E-state index contributed by atoms with van der Waals surface area (Å²) in [5.74, 6) is -0.597. The Hall–Kier alpha value is -2.84. The summed E-state index contributed by atoms with van der Waals surface area (Å²) < 4.78 is 38.3. The molecule has 0 bridgehead atoms. The van der Waals surface area contributed by atoms with E-state index in [1.165, 1.54) is 4.90 Å². The molecule has 0 unspecified atom stereocenters. The van der Waals surface area contributed by atoms with E-state index < -0.39 is 17.8 Å². The molecule has 1 aromatic carbocycles. The van der Waals surface area contributed by atoms with Gasteiger partial charge in [-0.2, -0.15) is 18.3 Å². The lowest BCUT2D eigenvalue weighted by Gasteiger charge is -2.11. The highest BCUT2D eigenvalue weighted by Gasteiger charge is 2.33. The number of nitrogens with zero attached hydrogens (tertiary/aromatic N) is 3. The third kappa shape index (κ3) is 5.07. The second-order valence-electron chi connectivity index (χ2n) is 5.57. The van der Waals surface area contributed by atoms with E-state index >= 15 is 0 Å². The molecule has 2 rings (SSSR count). The molecule has 0 aliphatic rings. The first kappa shape index (κ1) is 18.5. The summed E-state index contributed by atoms with van der Waals surface area (Å²) in [5, 5.41) is 5.90. The molecule has 1 heterocycles. The van der Waals surface area contributed by atoms with Crippen molar-refractivity contribution in [2.24, 2.45) is 0 Å². The molecule has 0 aliphatic carbocycles. The normalized spacial score (nSPS) is 11.2. The van der Waals surface area contributed by atoms with Crippen LogP contribution in [0.15, 0.2) is 36.5 Å². The van der Waals surface area contributed by atoms with Crippen molar-refractivity contribution in [3.8, 4) is 0 Å². The summed E-state index contributed by atoms with van der Waals surface area (Å²) in [6.45, 7) is -0.115. The lowest BCUT2D eigenvalue weighted by Crippen LogP contribution is -2.27. The summed E-state index contributed by atoms with van der Waals surface area (Å²) in [6.07, 6.45) is -3.43. The first-order valence-corrected chi connectivity index (χ1v) is 7.35. The van der Waals surface area contributed by atoms with Crippen molar-refractivity contribution >= 4 is 11.8 Å². The molecule has 134 valence electrons. The van der Waals surface area contributed by atoms with Gasteiger partial charge in [-0.05, 0) is 23.8 Å². The molecule has 2 amide bonds. The third-order valence-electron chi connectivity index (χ3n) is 3.33. The molecule has 0 spiro atoms. The van der Waals surface area contributed by atoms with Crippen LogP contribution in [0.2, 0.25) is 0 Å². The van der Waals surface area contributed by atoms with Gasteiger partial charge in [0.05, 0.1) is 0 Å². The van der Waals surface area contributed by atoms with Crippen LogP contribution < -0.4 is 5.32 Å². The third-order valence-corrected chi connectivity index (χ3v) is 3.33. The van der Waals surface area contributed by atoms with E-state index in [0.29, 0.717) is 5.56 Å². The lowest BCUT2D eigenvalue weighted by atomic mass is 10.1. The van der Waals surface area contributed by atoms with E-state index in [2.05, 4.69) is 10.4 Å². The fourth-order valence-electron chi connectivity index (χ4n) is 2.03. The number of benzene rings is 1. The van der Waals surface area contributed by atoms with Crippen LogP contribution in [0.1, 0.15) is 21.6 Å². The zero-order valence-electron chi connectivity index (χ0n) is 13.7. The quantitative estimate of drug-likeness (QED) is 0.892. The topological polar surface area (TPSA) is 67.2 Å². The number of alkyl halides is 3. The number of halogens is 3. The largest absolute Gasteiger partial charge is 0.435 e. The number of carbonyl (C=O) groups is 2. The van der Waals surface area contributed by atoms with Crippen molar-refractivity contribution in [2.75, 3.05) is 14.1 Å². The Morgan fingerprint density at radius 1 is 1.16 bits per heavy atom. The number of carbonyl (C=O) groups excluding carboxylic acids is 2. The maximum Gasteiger partial charge on any atom is 0.435 e. The Kier molecular flexibility index (Phi) is 5.45. The smallest absolute Gasteiger partial charge is 0.350 e. The molecular formula is C16H17F3N4O2. The Morgan fingerprint density at radius 3 is 2.32 bits per heavy atom. The Morgan fingerprint density at radius 2 is 1.80 bits per heavy atom. The van der Waals surface area contributed by atoms with Crippen LogP contribution in [0.5, 0.6) is 0 Å². The fraction of sp³-hybridized carbons (Fsp3) is 0.312. The summed E-state index contributed by atoms with van der Waals surface area (Å²) >= 11 is 0. The van der Waals surface area contributed by atoms with Gasteiger partial charge in [-0.1, -0.05) is 12.1 Å². The predicted molar refractivity (Wildman–Crippen MR) is 83.5 cm³/mol. The molecule has 6 nitrogen and oxygen atoms in total. The number of hydrogen-bond acceptors (Lipinski definition) is 3. The molecule has 0 fully saturated rings. The Bertz CT molecular complexity index is 751. The predicted octanol–water partition coefficient (Wildman–Crippen LogP) is 1.92.